The molecule has 1 aliphatic heterocycles. The maximum Gasteiger partial charge on any atom is 0.249 e. The summed E-state index contributed by atoms with van der Waals surface area (Å²) < 4.78 is 37.6. The molecule has 0 aliphatic carbocycles. The lowest BCUT2D eigenvalue weighted by Gasteiger charge is -2.27. The summed E-state index contributed by atoms with van der Waals surface area (Å²) >= 11 is 7.26. The molecule has 1 saturated heterocycles. The highest BCUT2D eigenvalue weighted by Crippen LogP contribution is 2.64. The van der Waals surface area contributed by atoms with Crippen molar-refractivity contribution in [2.75, 3.05) is 19.8 Å². The Labute approximate surface area is 241 Å². The highest BCUT2D eigenvalue weighted by atomic mass is 32.9. The first-order valence-corrected chi connectivity index (χ1v) is 17.4. The van der Waals surface area contributed by atoms with Crippen molar-refractivity contribution in [3.05, 3.63) is 108 Å². The second-order valence-corrected chi connectivity index (χ2v) is 15.3. The fraction of sp³-hybridized carbons (Fsp3) is 0.400. The summed E-state index contributed by atoms with van der Waals surface area (Å²) in [5.74, 6) is 0. The number of hydrogen-bond acceptors (Lipinski definition) is 8. The maximum atomic E-state index is 6.58. The van der Waals surface area contributed by atoms with Crippen molar-refractivity contribution in [3.8, 4) is 0 Å². The van der Waals surface area contributed by atoms with Gasteiger partial charge in [0, 0.05) is 0 Å². The van der Waals surface area contributed by atoms with Gasteiger partial charge in [-0.1, -0.05) is 91.0 Å². The third-order valence-electron chi connectivity index (χ3n) is 6.04. The zero-order valence-electron chi connectivity index (χ0n) is 22.4. The van der Waals surface area contributed by atoms with Crippen LogP contribution in [0.25, 0.3) is 0 Å². The van der Waals surface area contributed by atoms with Crippen LogP contribution in [-0.2, 0) is 59.6 Å². The van der Waals surface area contributed by atoms with Gasteiger partial charge in [-0.3, -0.25) is 0 Å². The molecule has 0 spiro atoms. The van der Waals surface area contributed by atoms with Crippen molar-refractivity contribution in [3.63, 3.8) is 0 Å². The highest BCUT2D eigenvalue weighted by Gasteiger charge is 2.49. The summed E-state index contributed by atoms with van der Waals surface area (Å²) in [7, 11) is 0. The molecule has 1 heterocycles. The summed E-state index contributed by atoms with van der Waals surface area (Å²) in [6.07, 6.45) is -1.15. The van der Waals surface area contributed by atoms with Gasteiger partial charge in [0.2, 0.25) is 5.69 Å². The molecular formula is C30H37O6PS2. The minimum Gasteiger partial charge on any atom is -0.374 e. The van der Waals surface area contributed by atoms with Gasteiger partial charge in [-0.15, -0.1) is 0 Å². The van der Waals surface area contributed by atoms with Crippen LogP contribution in [0.2, 0.25) is 0 Å². The van der Waals surface area contributed by atoms with Crippen LogP contribution in [-0.4, -0.2) is 43.6 Å². The Morgan fingerprint density at radius 1 is 0.692 bits per heavy atom. The minimum absolute atomic E-state index is 0.350. The summed E-state index contributed by atoms with van der Waals surface area (Å²) in [5, 5.41) is 0. The number of ether oxygens (including phenoxy) is 4. The predicted octanol–water partition coefficient (Wildman–Crippen LogP) is 7.13. The van der Waals surface area contributed by atoms with E-state index in [2.05, 4.69) is 0 Å². The first-order valence-electron chi connectivity index (χ1n) is 13.3. The summed E-state index contributed by atoms with van der Waals surface area (Å²) in [5.41, 5.74) is 0.150. The van der Waals surface area contributed by atoms with Crippen LogP contribution in [0, 0.1) is 0 Å². The SMILES string of the molecule is CCOP(=S)(OCC)S[C@@H]1O[C@H](COCc2ccccc2)[C@H](OCc2ccccc2)[C@H]1OCc1ccccc1. The quantitative estimate of drug-likeness (QED) is 0.164. The first kappa shape index (κ1) is 30.4. The van der Waals surface area contributed by atoms with E-state index < -0.39 is 17.2 Å². The lowest BCUT2D eigenvalue weighted by molar-refractivity contribution is -0.0895. The Hall–Kier alpha value is -1.58. The van der Waals surface area contributed by atoms with Crippen LogP contribution in [0.1, 0.15) is 30.5 Å². The van der Waals surface area contributed by atoms with Gasteiger partial charge < -0.3 is 28.0 Å². The van der Waals surface area contributed by atoms with Gasteiger partial charge in [-0.25, -0.2) is 0 Å². The van der Waals surface area contributed by atoms with Gasteiger partial charge >= 0.3 is 0 Å². The van der Waals surface area contributed by atoms with Crippen LogP contribution in [0.15, 0.2) is 91.0 Å². The predicted molar refractivity (Wildman–Crippen MR) is 160 cm³/mol. The largest absolute Gasteiger partial charge is 0.374 e. The molecule has 0 amide bonds. The Kier molecular flexibility index (Phi) is 12.5. The van der Waals surface area contributed by atoms with Crippen LogP contribution in [0.3, 0.4) is 0 Å². The molecule has 6 nitrogen and oxygen atoms in total. The van der Waals surface area contributed by atoms with Gasteiger partial charge in [0.05, 0.1) is 39.6 Å². The van der Waals surface area contributed by atoms with E-state index in [0.717, 1.165) is 16.7 Å². The molecule has 0 radical (unpaired) electrons. The van der Waals surface area contributed by atoms with Gasteiger partial charge in [0.15, 0.2) is 0 Å². The van der Waals surface area contributed by atoms with E-state index in [0.29, 0.717) is 39.6 Å². The van der Waals surface area contributed by atoms with Crippen molar-refractivity contribution in [2.24, 2.45) is 0 Å². The molecule has 3 aromatic rings. The Balaban J connectivity index is 1.54. The minimum atomic E-state index is -2.66. The van der Waals surface area contributed by atoms with Crippen molar-refractivity contribution < 1.29 is 28.0 Å². The second-order valence-electron chi connectivity index (χ2n) is 8.95. The average Bonchev–Trinajstić information content (AvgIpc) is 3.27. The van der Waals surface area contributed by atoms with E-state index in [-0.39, 0.29) is 12.2 Å². The van der Waals surface area contributed by atoms with Crippen LogP contribution >= 0.6 is 17.1 Å². The Morgan fingerprint density at radius 2 is 1.15 bits per heavy atom. The second kappa shape index (κ2) is 16.0. The molecular weight excluding hydrogens is 551 g/mol. The summed E-state index contributed by atoms with van der Waals surface area (Å²) in [6.45, 7) is 6.45. The van der Waals surface area contributed by atoms with Crippen LogP contribution in [0.5, 0.6) is 0 Å². The molecule has 0 N–H and O–H groups in total. The normalized spacial score (nSPS) is 21.3. The van der Waals surface area contributed by atoms with E-state index in [9.17, 15) is 0 Å². The highest BCUT2D eigenvalue weighted by molar-refractivity contribution is 8.68. The monoisotopic (exact) mass is 588 g/mol. The van der Waals surface area contributed by atoms with E-state index >= 15 is 0 Å². The molecule has 0 saturated carbocycles. The fourth-order valence-corrected chi connectivity index (χ4v) is 9.53. The smallest absolute Gasteiger partial charge is 0.249 e. The van der Waals surface area contributed by atoms with Gasteiger partial charge in [-0.2, -0.15) is 0 Å². The number of benzene rings is 3. The molecule has 0 bridgehead atoms. The molecule has 9 heteroatoms. The van der Waals surface area contributed by atoms with E-state index in [1.54, 1.807) is 0 Å². The van der Waals surface area contributed by atoms with Gasteiger partial charge in [0.25, 0.3) is 0 Å². The molecule has 39 heavy (non-hydrogen) atoms. The third kappa shape index (κ3) is 9.49. The molecule has 0 aromatic heterocycles. The topological polar surface area (TPSA) is 55.4 Å². The van der Waals surface area contributed by atoms with Crippen LogP contribution in [0.4, 0.5) is 0 Å². The molecule has 210 valence electrons. The zero-order valence-corrected chi connectivity index (χ0v) is 25.0. The summed E-state index contributed by atoms with van der Waals surface area (Å²) in [4.78, 5) is 0. The lowest BCUT2D eigenvalue weighted by Crippen LogP contribution is -2.38. The van der Waals surface area contributed by atoms with Gasteiger partial charge in [-0.05, 0) is 53.7 Å². The number of hydrogen-bond donors (Lipinski definition) is 0. The fourth-order valence-electron chi connectivity index (χ4n) is 4.23. The third-order valence-corrected chi connectivity index (χ3v) is 11.5. The molecule has 4 atom stereocenters. The zero-order chi connectivity index (χ0) is 27.3. The Bertz CT molecular complexity index is 1130. The van der Waals surface area contributed by atoms with Crippen molar-refractivity contribution in [1.29, 1.82) is 0 Å². The van der Waals surface area contributed by atoms with Gasteiger partial charge in [0.1, 0.15) is 23.7 Å². The molecule has 0 unspecified atom stereocenters. The van der Waals surface area contributed by atoms with Crippen molar-refractivity contribution in [1.82, 2.24) is 0 Å². The van der Waals surface area contributed by atoms with E-state index in [1.165, 1.54) is 11.4 Å². The van der Waals surface area contributed by atoms with E-state index in [1.807, 2.05) is 105 Å². The van der Waals surface area contributed by atoms with Crippen molar-refractivity contribution >= 4 is 28.9 Å². The average molecular weight is 589 g/mol. The molecule has 1 fully saturated rings. The maximum absolute atomic E-state index is 6.58. The number of rotatable bonds is 16. The molecule has 3 aromatic carbocycles. The van der Waals surface area contributed by atoms with E-state index in [4.69, 9.17) is 39.8 Å². The lowest BCUT2D eigenvalue weighted by atomic mass is 10.1. The standard InChI is InChI=1S/C30H37O6PS2/c1-3-34-37(38,35-4-2)39-30-29(33-22-26-18-12-7-13-19-26)28(32-21-25-16-10-6-11-17-25)27(36-30)23-31-20-24-14-8-5-9-15-24/h5-19,27-30H,3-4,20-23H2,1-2H3/t27-,28+,29-,30+/m1/s1. The molecule has 4 rings (SSSR count). The summed E-state index contributed by atoms with van der Waals surface area (Å²) in [6, 6.07) is 30.3. The van der Waals surface area contributed by atoms with Crippen molar-refractivity contribution in [2.45, 2.75) is 57.4 Å². The first-order chi connectivity index (χ1) is 19.1. The van der Waals surface area contributed by atoms with Crippen LogP contribution < -0.4 is 0 Å². The Morgan fingerprint density at radius 3 is 1.64 bits per heavy atom. The molecule has 1 aliphatic rings.